The van der Waals surface area contributed by atoms with Crippen LogP contribution in [0.2, 0.25) is 5.02 Å². The normalized spacial score (nSPS) is 14.3. The van der Waals surface area contributed by atoms with Gasteiger partial charge in [0.25, 0.3) is 0 Å². The van der Waals surface area contributed by atoms with Crippen LogP contribution in [-0.2, 0) is 11.2 Å². The number of carbonyl (C=O) groups is 1. The minimum Gasteiger partial charge on any atom is -0.496 e. The van der Waals surface area contributed by atoms with Crippen LogP contribution in [-0.4, -0.2) is 44.1 Å². The molecule has 0 radical (unpaired) electrons. The summed E-state index contributed by atoms with van der Waals surface area (Å²) in [5, 5.41) is 2.88. The molecule has 4 nitrogen and oxygen atoms in total. The zero-order valence-electron chi connectivity index (χ0n) is 16.2. The molecule has 1 saturated heterocycles. The predicted molar refractivity (Wildman–Crippen MR) is 122 cm³/mol. The lowest BCUT2D eigenvalue weighted by Gasteiger charge is -2.36. The Morgan fingerprint density at radius 1 is 1.07 bits per heavy atom. The first-order valence-corrected chi connectivity index (χ1v) is 10.8. The smallest absolute Gasteiger partial charge is 0.227 e. The third-order valence-corrected chi connectivity index (χ3v) is 6.13. The highest BCUT2D eigenvalue weighted by Gasteiger charge is 2.23. The molecule has 0 atom stereocenters. The summed E-state index contributed by atoms with van der Waals surface area (Å²) < 4.78 is 6.57. The van der Waals surface area contributed by atoms with Gasteiger partial charge in [-0.25, -0.2) is 0 Å². The number of benzene rings is 3. The minimum absolute atomic E-state index is 0.129. The number of hydrogen-bond acceptors (Lipinski definition) is 3. The number of fused-ring (bicyclic) bond motifs is 1. The van der Waals surface area contributed by atoms with E-state index in [2.05, 4.69) is 33.0 Å². The lowest BCUT2D eigenvalue weighted by molar-refractivity contribution is -0.130. The molecule has 1 aliphatic heterocycles. The van der Waals surface area contributed by atoms with Crippen LogP contribution >= 0.6 is 27.5 Å². The van der Waals surface area contributed by atoms with E-state index < -0.39 is 0 Å². The van der Waals surface area contributed by atoms with Crippen molar-refractivity contribution in [1.82, 2.24) is 4.90 Å². The molecule has 1 fully saturated rings. The monoisotopic (exact) mass is 472 g/mol. The summed E-state index contributed by atoms with van der Waals surface area (Å²) in [6.07, 6.45) is 0.333. The highest BCUT2D eigenvalue weighted by atomic mass is 79.9. The standard InChI is InChI=1S/C23H22BrClN2O2/c1-29-22-8-5-16-13-17(24)6-7-20(16)21(22)15-23(28)27-11-9-26(10-12-27)19-4-2-3-18(25)14-19/h2-8,13-14H,9-12,15H2,1H3. The summed E-state index contributed by atoms with van der Waals surface area (Å²) in [4.78, 5) is 17.3. The predicted octanol–water partition coefficient (Wildman–Crippen LogP) is 5.16. The van der Waals surface area contributed by atoms with Gasteiger partial charge >= 0.3 is 0 Å². The van der Waals surface area contributed by atoms with E-state index in [4.69, 9.17) is 16.3 Å². The molecule has 0 aliphatic carbocycles. The molecular formula is C23H22BrClN2O2. The maximum Gasteiger partial charge on any atom is 0.227 e. The Morgan fingerprint density at radius 2 is 1.86 bits per heavy atom. The number of nitrogens with zero attached hydrogens (tertiary/aromatic N) is 2. The largest absolute Gasteiger partial charge is 0.496 e. The first-order chi connectivity index (χ1) is 14.0. The van der Waals surface area contributed by atoms with Crippen molar-refractivity contribution in [2.45, 2.75) is 6.42 Å². The van der Waals surface area contributed by atoms with Crippen molar-refractivity contribution in [2.75, 3.05) is 38.2 Å². The molecule has 3 aromatic carbocycles. The highest BCUT2D eigenvalue weighted by molar-refractivity contribution is 9.10. The fourth-order valence-electron chi connectivity index (χ4n) is 3.87. The lowest BCUT2D eigenvalue weighted by atomic mass is 10.00. The average molecular weight is 474 g/mol. The van der Waals surface area contributed by atoms with Crippen molar-refractivity contribution >= 4 is 49.9 Å². The third kappa shape index (κ3) is 4.36. The molecule has 1 aliphatic rings. The molecule has 6 heteroatoms. The topological polar surface area (TPSA) is 32.8 Å². The van der Waals surface area contributed by atoms with Gasteiger partial charge in [0.05, 0.1) is 13.5 Å². The van der Waals surface area contributed by atoms with Gasteiger partial charge in [0.15, 0.2) is 0 Å². The van der Waals surface area contributed by atoms with Crippen LogP contribution in [0.5, 0.6) is 5.75 Å². The Kier molecular flexibility index (Phi) is 5.97. The zero-order chi connectivity index (χ0) is 20.4. The van der Waals surface area contributed by atoms with Crippen LogP contribution in [0.25, 0.3) is 10.8 Å². The highest BCUT2D eigenvalue weighted by Crippen LogP contribution is 2.31. The molecule has 3 aromatic rings. The Balaban J connectivity index is 1.49. The number of anilines is 1. The molecule has 0 aromatic heterocycles. The van der Waals surface area contributed by atoms with Crippen LogP contribution < -0.4 is 9.64 Å². The van der Waals surface area contributed by atoms with Crippen molar-refractivity contribution in [2.24, 2.45) is 0 Å². The summed E-state index contributed by atoms with van der Waals surface area (Å²) in [5.41, 5.74) is 2.05. The van der Waals surface area contributed by atoms with E-state index >= 15 is 0 Å². The average Bonchev–Trinajstić information content (AvgIpc) is 2.74. The van der Waals surface area contributed by atoms with Gasteiger partial charge in [0.1, 0.15) is 5.75 Å². The molecule has 0 N–H and O–H groups in total. The van der Waals surface area contributed by atoms with Gasteiger partial charge in [-0.3, -0.25) is 4.79 Å². The number of carbonyl (C=O) groups excluding carboxylic acids is 1. The molecule has 4 rings (SSSR count). The van der Waals surface area contributed by atoms with E-state index in [1.54, 1.807) is 7.11 Å². The number of methoxy groups -OCH3 is 1. The fraction of sp³-hybridized carbons (Fsp3) is 0.261. The van der Waals surface area contributed by atoms with Gasteiger partial charge in [-0.15, -0.1) is 0 Å². The quantitative estimate of drug-likeness (QED) is 0.525. The Bertz CT molecular complexity index is 1050. The van der Waals surface area contributed by atoms with Gasteiger partial charge < -0.3 is 14.5 Å². The SMILES string of the molecule is COc1ccc2cc(Br)ccc2c1CC(=O)N1CCN(c2cccc(Cl)c2)CC1. The lowest BCUT2D eigenvalue weighted by Crippen LogP contribution is -2.49. The summed E-state index contributed by atoms with van der Waals surface area (Å²) >= 11 is 9.63. The van der Waals surface area contributed by atoms with Crippen molar-refractivity contribution in [3.05, 3.63) is 69.7 Å². The molecule has 29 heavy (non-hydrogen) atoms. The van der Waals surface area contributed by atoms with E-state index in [1.165, 1.54) is 0 Å². The van der Waals surface area contributed by atoms with E-state index in [1.807, 2.05) is 47.4 Å². The number of ether oxygens (including phenoxy) is 1. The van der Waals surface area contributed by atoms with E-state index in [9.17, 15) is 4.79 Å². The van der Waals surface area contributed by atoms with E-state index in [-0.39, 0.29) is 5.91 Å². The molecule has 1 heterocycles. The van der Waals surface area contributed by atoms with Crippen LogP contribution in [0.15, 0.2) is 59.1 Å². The molecule has 0 saturated carbocycles. The van der Waals surface area contributed by atoms with Crippen LogP contribution in [0.4, 0.5) is 5.69 Å². The maximum absolute atomic E-state index is 13.1. The molecule has 0 unspecified atom stereocenters. The number of halogens is 2. The van der Waals surface area contributed by atoms with Crippen molar-refractivity contribution in [3.63, 3.8) is 0 Å². The van der Waals surface area contributed by atoms with Gasteiger partial charge in [0.2, 0.25) is 5.91 Å². The van der Waals surface area contributed by atoms with Crippen molar-refractivity contribution in [3.8, 4) is 5.75 Å². The van der Waals surface area contributed by atoms with E-state index in [0.29, 0.717) is 19.5 Å². The number of hydrogen-bond donors (Lipinski definition) is 0. The number of piperazine rings is 1. The second-order valence-corrected chi connectivity index (χ2v) is 8.49. The first-order valence-electron chi connectivity index (χ1n) is 9.58. The van der Waals surface area contributed by atoms with Crippen molar-refractivity contribution < 1.29 is 9.53 Å². The van der Waals surface area contributed by atoms with Gasteiger partial charge in [-0.1, -0.05) is 45.7 Å². The summed E-state index contributed by atoms with van der Waals surface area (Å²) in [6.45, 7) is 2.99. The second kappa shape index (κ2) is 8.64. The number of rotatable bonds is 4. The number of amides is 1. The zero-order valence-corrected chi connectivity index (χ0v) is 18.5. The summed E-state index contributed by atoms with van der Waals surface area (Å²) in [5.74, 6) is 0.884. The van der Waals surface area contributed by atoms with Crippen LogP contribution in [0.1, 0.15) is 5.56 Å². The van der Waals surface area contributed by atoms with E-state index in [0.717, 1.165) is 50.4 Å². The third-order valence-electron chi connectivity index (χ3n) is 5.40. The molecular weight excluding hydrogens is 452 g/mol. The van der Waals surface area contributed by atoms with Gasteiger partial charge in [-0.05, 0) is 47.2 Å². The summed E-state index contributed by atoms with van der Waals surface area (Å²) in [7, 11) is 1.65. The maximum atomic E-state index is 13.1. The molecule has 150 valence electrons. The van der Waals surface area contributed by atoms with Crippen LogP contribution in [0, 0.1) is 0 Å². The molecule has 0 spiro atoms. The fourth-order valence-corrected chi connectivity index (χ4v) is 4.43. The Morgan fingerprint density at radius 3 is 2.59 bits per heavy atom. The molecule has 0 bridgehead atoms. The van der Waals surface area contributed by atoms with Crippen LogP contribution in [0.3, 0.4) is 0 Å². The first kappa shape index (κ1) is 20.0. The second-order valence-electron chi connectivity index (χ2n) is 7.14. The minimum atomic E-state index is 0.129. The Hall–Kier alpha value is -2.24. The van der Waals surface area contributed by atoms with Gasteiger partial charge in [0, 0.05) is 46.9 Å². The molecule has 1 amide bonds. The Labute approximate surface area is 184 Å². The summed E-state index contributed by atoms with van der Waals surface area (Å²) in [6, 6.07) is 17.9. The van der Waals surface area contributed by atoms with Gasteiger partial charge in [-0.2, -0.15) is 0 Å². The van der Waals surface area contributed by atoms with Crippen molar-refractivity contribution in [1.29, 1.82) is 0 Å².